The number of para-hydroxylation sites is 1. The number of methoxy groups -OCH3 is 1. The first-order valence-corrected chi connectivity index (χ1v) is 11.3. The highest BCUT2D eigenvalue weighted by atomic mass is 32.2. The number of aromatic amines is 1. The molecule has 2 aromatic heterocycles. The van der Waals surface area contributed by atoms with Crippen molar-refractivity contribution < 1.29 is 9.53 Å². The Kier molecular flexibility index (Phi) is 5.38. The molecule has 0 fully saturated rings. The quantitative estimate of drug-likeness (QED) is 0.461. The molecule has 0 radical (unpaired) electrons. The molecule has 0 aliphatic carbocycles. The maximum atomic E-state index is 13.4. The van der Waals surface area contributed by atoms with Gasteiger partial charge in [0.05, 0.1) is 18.9 Å². The molecule has 0 bridgehead atoms. The predicted octanol–water partition coefficient (Wildman–Crippen LogP) is 4.84. The summed E-state index contributed by atoms with van der Waals surface area (Å²) in [5.41, 5.74) is 4.56. The molecule has 0 spiro atoms. The summed E-state index contributed by atoms with van der Waals surface area (Å²) >= 11 is 1.55. The van der Waals surface area contributed by atoms with E-state index in [1.54, 1.807) is 31.3 Å². The standard InChI is InChI=1S/C25H23N3O2S/c1-30-18-6-4-5-17(15-18)25-24-21(20-7-2-3-8-22(20)27-24)11-14-28(25)23(29)16-31-19-9-12-26-13-10-19/h2-10,12-13,15,25,27H,11,14,16H2,1H3. The van der Waals surface area contributed by atoms with Gasteiger partial charge in [0.25, 0.3) is 0 Å². The summed E-state index contributed by atoms with van der Waals surface area (Å²) < 4.78 is 5.47. The second kappa shape index (κ2) is 8.47. The van der Waals surface area contributed by atoms with E-state index < -0.39 is 0 Å². The van der Waals surface area contributed by atoms with Crippen LogP contribution in [0.5, 0.6) is 5.75 Å². The number of carbonyl (C=O) groups is 1. The highest BCUT2D eigenvalue weighted by molar-refractivity contribution is 8.00. The number of hydrogen-bond acceptors (Lipinski definition) is 4. The lowest BCUT2D eigenvalue weighted by molar-refractivity contribution is -0.130. The van der Waals surface area contributed by atoms with E-state index in [-0.39, 0.29) is 11.9 Å². The topological polar surface area (TPSA) is 58.2 Å². The SMILES string of the molecule is COc1cccc(C2c3[nH]c4ccccc4c3CCN2C(=O)CSc2ccncc2)c1. The Morgan fingerprint density at radius 3 is 2.84 bits per heavy atom. The Morgan fingerprint density at radius 2 is 2.00 bits per heavy atom. The molecule has 1 N–H and O–H groups in total. The zero-order valence-electron chi connectivity index (χ0n) is 17.2. The highest BCUT2D eigenvalue weighted by Crippen LogP contribution is 2.39. The van der Waals surface area contributed by atoms with Crippen molar-refractivity contribution in [2.45, 2.75) is 17.4 Å². The van der Waals surface area contributed by atoms with Gasteiger partial charge in [-0.15, -0.1) is 11.8 Å². The van der Waals surface area contributed by atoms with Crippen molar-refractivity contribution in [1.29, 1.82) is 0 Å². The van der Waals surface area contributed by atoms with Crippen LogP contribution < -0.4 is 4.74 Å². The Balaban J connectivity index is 1.53. The van der Waals surface area contributed by atoms with Crippen LogP contribution in [0.4, 0.5) is 0 Å². The fourth-order valence-electron chi connectivity index (χ4n) is 4.33. The van der Waals surface area contributed by atoms with Crippen molar-refractivity contribution in [3.63, 3.8) is 0 Å². The number of thioether (sulfide) groups is 1. The van der Waals surface area contributed by atoms with Gasteiger partial charge in [-0.3, -0.25) is 9.78 Å². The molecule has 6 heteroatoms. The molecule has 5 rings (SSSR count). The first kappa shape index (κ1) is 19.7. The molecule has 1 unspecified atom stereocenters. The average Bonchev–Trinajstić information content (AvgIpc) is 3.21. The van der Waals surface area contributed by atoms with E-state index in [2.05, 4.69) is 34.2 Å². The lowest BCUT2D eigenvalue weighted by Crippen LogP contribution is -2.41. The van der Waals surface area contributed by atoms with Gasteiger partial charge in [0, 0.05) is 40.4 Å². The van der Waals surface area contributed by atoms with Crippen molar-refractivity contribution in [2.75, 3.05) is 19.4 Å². The number of ether oxygens (including phenoxy) is 1. The Morgan fingerprint density at radius 1 is 1.16 bits per heavy atom. The van der Waals surface area contributed by atoms with Crippen molar-refractivity contribution in [3.8, 4) is 5.75 Å². The monoisotopic (exact) mass is 429 g/mol. The van der Waals surface area contributed by atoms with Gasteiger partial charge < -0.3 is 14.6 Å². The van der Waals surface area contributed by atoms with E-state index in [0.717, 1.165) is 33.8 Å². The van der Waals surface area contributed by atoms with Crippen LogP contribution in [0.25, 0.3) is 10.9 Å². The van der Waals surface area contributed by atoms with E-state index in [9.17, 15) is 4.79 Å². The predicted molar refractivity (Wildman–Crippen MR) is 124 cm³/mol. The number of rotatable bonds is 5. The molecule has 1 amide bonds. The van der Waals surface area contributed by atoms with Gasteiger partial charge in [-0.05, 0) is 47.9 Å². The molecule has 3 heterocycles. The number of benzene rings is 2. The van der Waals surface area contributed by atoms with Gasteiger partial charge in [0.1, 0.15) is 5.75 Å². The molecule has 0 saturated carbocycles. The van der Waals surface area contributed by atoms with Crippen LogP contribution >= 0.6 is 11.8 Å². The molecule has 156 valence electrons. The van der Waals surface area contributed by atoms with Crippen LogP contribution in [0, 0.1) is 0 Å². The molecule has 5 nitrogen and oxygen atoms in total. The summed E-state index contributed by atoms with van der Waals surface area (Å²) in [6, 6.07) is 20.1. The smallest absolute Gasteiger partial charge is 0.233 e. The number of aromatic nitrogens is 2. The number of carbonyl (C=O) groups excluding carboxylic acids is 1. The number of nitrogens with zero attached hydrogens (tertiary/aromatic N) is 2. The second-order valence-electron chi connectivity index (χ2n) is 7.55. The molecular weight excluding hydrogens is 406 g/mol. The molecule has 2 aromatic carbocycles. The van der Waals surface area contributed by atoms with Crippen LogP contribution in [0.1, 0.15) is 22.9 Å². The van der Waals surface area contributed by atoms with Gasteiger partial charge in [-0.1, -0.05) is 30.3 Å². The van der Waals surface area contributed by atoms with Crippen molar-refractivity contribution in [2.24, 2.45) is 0 Å². The van der Waals surface area contributed by atoms with Crippen LogP contribution in [0.3, 0.4) is 0 Å². The van der Waals surface area contributed by atoms with Gasteiger partial charge >= 0.3 is 0 Å². The van der Waals surface area contributed by atoms with E-state index >= 15 is 0 Å². The minimum atomic E-state index is -0.170. The third-order valence-electron chi connectivity index (χ3n) is 5.78. The third-order valence-corrected chi connectivity index (χ3v) is 6.77. The third kappa shape index (κ3) is 3.79. The van der Waals surface area contributed by atoms with E-state index in [4.69, 9.17) is 4.74 Å². The second-order valence-corrected chi connectivity index (χ2v) is 8.60. The van der Waals surface area contributed by atoms with Gasteiger partial charge in [-0.25, -0.2) is 0 Å². The molecule has 1 aliphatic rings. The Hall–Kier alpha value is -3.25. The van der Waals surface area contributed by atoms with Crippen molar-refractivity contribution in [1.82, 2.24) is 14.9 Å². The van der Waals surface area contributed by atoms with Crippen LogP contribution in [0.2, 0.25) is 0 Å². The number of amides is 1. The molecular formula is C25H23N3O2S. The van der Waals surface area contributed by atoms with Gasteiger partial charge in [0.2, 0.25) is 5.91 Å². The number of H-pyrrole nitrogens is 1. The molecule has 31 heavy (non-hydrogen) atoms. The van der Waals surface area contributed by atoms with E-state index in [0.29, 0.717) is 12.3 Å². The highest BCUT2D eigenvalue weighted by Gasteiger charge is 2.34. The average molecular weight is 430 g/mol. The number of hydrogen-bond donors (Lipinski definition) is 1. The first-order chi connectivity index (χ1) is 15.2. The maximum Gasteiger partial charge on any atom is 0.233 e. The van der Waals surface area contributed by atoms with Crippen LogP contribution in [-0.2, 0) is 11.2 Å². The lowest BCUT2D eigenvalue weighted by Gasteiger charge is -2.36. The van der Waals surface area contributed by atoms with Crippen molar-refractivity contribution >= 4 is 28.6 Å². The van der Waals surface area contributed by atoms with Crippen LogP contribution in [-0.4, -0.2) is 40.2 Å². The molecule has 0 saturated heterocycles. The zero-order valence-corrected chi connectivity index (χ0v) is 18.1. The fraction of sp³-hybridized carbons (Fsp3) is 0.200. The Labute approximate surface area is 185 Å². The summed E-state index contributed by atoms with van der Waals surface area (Å²) in [6.45, 7) is 0.687. The fourth-order valence-corrected chi connectivity index (χ4v) is 5.10. The number of pyridine rings is 1. The maximum absolute atomic E-state index is 13.4. The Bertz CT molecular complexity index is 1220. The summed E-state index contributed by atoms with van der Waals surface area (Å²) in [4.78, 5) is 24.1. The van der Waals surface area contributed by atoms with Crippen molar-refractivity contribution in [3.05, 3.63) is 89.9 Å². The zero-order chi connectivity index (χ0) is 21.2. The summed E-state index contributed by atoms with van der Waals surface area (Å²) in [5.74, 6) is 1.30. The molecule has 1 atom stereocenters. The van der Waals surface area contributed by atoms with E-state index in [1.807, 2.05) is 41.3 Å². The van der Waals surface area contributed by atoms with E-state index in [1.165, 1.54) is 10.9 Å². The minimum absolute atomic E-state index is 0.124. The molecule has 4 aromatic rings. The number of fused-ring (bicyclic) bond motifs is 3. The molecule has 1 aliphatic heterocycles. The summed E-state index contributed by atoms with van der Waals surface area (Å²) in [7, 11) is 1.67. The largest absolute Gasteiger partial charge is 0.497 e. The number of nitrogens with one attached hydrogen (secondary N) is 1. The van der Waals surface area contributed by atoms with Gasteiger partial charge in [0.15, 0.2) is 0 Å². The lowest BCUT2D eigenvalue weighted by atomic mass is 9.92. The summed E-state index contributed by atoms with van der Waals surface area (Å²) in [6.07, 6.45) is 4.35. The first-order valence-electron chi connectivity index (χ1n) is 10.3. The normalized spacial score (nSPS) is 15.6. The van der Waals surface area contributed by atoms with Gasteiger partial charge in [-0.2, -0.15) is 0 Å². The minimum Gasteiger partial charge on any atom is -0.497 e. The summed E-state index contributed by atoms with van der Waals surface area (Å²) in [5, 5.41) is 1.24. The van der Waals surface area contributed by atoms with Crippen LogP contribution in [0.15, 0.2) is 78.0 Å².